The molecule has 1 aromatic heterocycles. The first-order valence-electron chi connectivity index (χ1n) is 10.4. The summed E-state index contributed by atoms with van der Waals surface area (Å²) in [5.74, 6) is -0.686. The number of nitrogens with zero attached hydrogens (tertiary/aromatic N) is 3. The van der Waals surface area contributed by atoms with Crippen LogP contribution < -0.4 is 9.64 Å². The van der Waals surface area contributed by atoms with E-state index in [1.807, 2.05) is 0 Å². The van der Waals surface area contributed by atoms with E-state index in [2.05, 4.69) is 10.1 Å². The molecule has 0 fully saturated rings. The third-order valence-electron chi connectivity index (χ3n) is 5.36. The van der Waals surface area contributed by atoms with Crippen molar-refractivity contribution in [1.82, 2.24) is 10.1 Å². The number of rotatable bonds is 6. The molecule has 0 N–H and O–H groups in total. The molecule has 9 nitrogen and oxygen atoms in total. The Hall–Kier alpha value is -4.50. The number of carbonyl (C=O) groups excluding carboxylic acids is 3. The average molecular weight is 490 g/mol. The molecular weight excluding hydrogens is 474 g/mol. The van der Waals surface area contributed by atoms with Crippen molar-refractivity contribution in [2.75, 3.05) is 12.0 Å². The molecule has 0 radical (unpaired) electrons. The maximum absolute atomic E-state index is 12.9. The molecule has 0 saturated carbocycles. The molecule has 0 unspecified atom stereocenters. The zero-order valence-corrected chi connectivity index (χ0v) is 19.0. The van der Waals surface area contributed by atoms with Crippen LogP contribution in [0.2, 0.25) is 5.02 Å². The van der Waals surface area contributed by atoms with Crippen molar-refractivity contribution in [3.05, 3.63) is 94.3 Å². The van der Waals surface area contributed by atoms with E-state index in [-0.39, 0.29) is 39.9 Å². The van der Waals surface area contributed by atoms with Crippen molar-refractivity contribution < 1.29 is 28.4 Å². The fraction of sp³-hybridized carbons (Fsp3) is 0.0800. The fourth-order valence-electron chi connectivity index (χ4n) is 3.60. The molecule has 35 heavy (non-hydrogen) atoms. The van der Waals surface area contributed by atoms with E-state index in [4.69, 9.17) is 25.6 Å². The van der Waals surface area contributed by atoms with Crippen LogP contribution in [-0.2, 0) is 11.3 Å². The van der Waals surface area contributed by atoms with E-state index in [0.29, 0.717) is 17.1 Å². The first-order chi connectivity index (χ1) is 17.0. The summed E-state index contributed by atoms with van der Waals surface area (Å²) in [7, 11) is 1.57. The number of hydrogen-bond acceptors (Lipinski definition) is 8. The highest BCUT2D eigenvalue weighted by atomic mass is 35.5. The maximum atomic E-state index is 12.9. The smallest absolute Gasteiger partial charge is 0.338 e. The van der Waals surface area contributed by atoms with Crippen LogP contribution in [0.15, 0.2) is 71.3 Å². The quantitative estimate of drug-likeness (QED) is 0.286. The second-order valence-electron chi connectivity index (χ2n) is 7.47. The van der Waals surface area contributed by atoms with Gasteiger partial charge in [-0.1, -0.05) is 28.9 Å². The summed E-state index contributed by atoms with van der Waals surface area (Å²) < 4.78 is 15.5. The molecule has 5 rings (SSSR count). The Morgan fingerprint density at radius 1 is 1.00 bits per heavy atom. The van der Waals surface area contributed by atoms with Crippen LogP contribution in [0.25, 0.3) is 11.4 Å². The lowest BCUT2D eigenvalue weighted by Crippen LogP contribution is -2.29. The second-order valence-corrected chi connectivity index (χ2v) is 7.88. The van der Waals surface area contributed by atoms with Gasteiger partial charge in [0.2, 0.25) is 5.82 Å². The van der Waals surface area contributed by atoms with Gasteiger partial charge in [0.1, 0.15) is 5.75 Å². The van der Waals surface area contributed by atoms with Crippen LogP contribution in [0.5, 0.6) is 5.75 Å². The molecule has 3 aromatic carbocycles. The van der Waals surface area contributed by atoms with Crippen molar-refractivity contribution in [2.45, 2.75) is 6.61 Å². The topological polar surface area (TPSA) is 112 Å². The standard InChI is InChI=1S/C25H16ClN3O6/c1-33-16-9-6-14(7-10-16)22-27-21(35-28-22)13-34-25(32)15-8-11-17-18(12-15)24(31)29(23(17)30)20-5-3-2-4-19(20)26/h2-12H,13H2,1H3. The molecule has 4 aromatic rings. The van der Waals surface area contributed by atoms with Crippen molar-refractivity contribution in [3.8, 4) is 17.1 Å². The first-order valence-corrected chi connectivity index (χ1v) is 10.8. The van der Waals surface area contributed by atoms with Gasteiger partial charge < -0.3 is 14.0 Å². The van der Waals surface area contributed by atoms with Gasteiger partial charge in [0.25, 0.3) is 17.7 Å². The van der Waals surface area contributed by atoms with E-state index >= 15 is 0 Å². The summed E-state index contributed by atoms with van der Waals surface area (Å²) in [6.45, 7) is -0.266. The Morgan fingerprint density at radius 2 is 1.74 bits per heavy atom. The Morgan fingerprint density at radius 3 is 2.49 bits per heavy atom. The minimum absolute atomic E-state index is 0.0870. The molecule has 1 aliphatic rings. The monoisotopic (exact) mass is 489 g/mol. The number of ether oxygens (including phenoxy) is 2. The SMILES string of the molecule is COc1ccc(-c2noc(COC(=O)c3ccc4c(c3)C(=O)N(c3ccccc3Cl)C4=O)n2)cc1. The normalized spacial score (nSPS) is 12.6. The van der Waals surface area contributed by atoms with E-state index in [9.17, 15) is 14.4 Å². The predicted octanol–water partition coefficient (Wildman–Crippen LogP) is 4.56. The maximum Gasteiger partial charge on any atom is 0.338 e. The molecule has 0 bridgehead atoms. The molecule has 2 heterocycles. The van der Waals surface area contributed by atoms with Crippen molar-refractivity contribution in [1.29, 1.82) is 0 Å². The van der Waals surface area contributed by atoms with Crippen LogP contribution in [0, 0.1) is 0 Å². The zero-order chi connectivity index (χ0) is 24.5. The average Bonchev–Trinajstić information content (AvgIpc) is 3.46. The number of carbonyl (C=O) groups is 3. The number of anilines is 1. The summed E-state index contributed by atoms with van der Waals surface area (Å²) in [6, 6.07) is 17.7. The molecule has 1 aliphatic heterocycles. The van der Waals surface area contributed by atoms with Crippen LogP contribution in [0.4, 0.5) is 5.69 Å². The number of methoxy groups -OCH3 is 1. The van der Waals surface area contributed by atoms with Gasteiger partial charge >= 0.3 is 5.97 Å². The van der Waals surface area contributed by atoms with Crippen LogP contribution >= 0.6 is 11.6 Å². The van der Waals surface area contributed by atoms with Crippen molar-refractivity contribution in [2.24, 2.45) is 0 Å². The largest absolute Gasteiger partial charge is 0.497 e. The van der Waals surface area contributed by atoms with Crippen LogP contribution in [-0.4, -0.2) is 35.0 Å². The number of esters is 1. The number of aromatic nitrogens is 2. The van der Waals surface area contributed by atoms with Gasteiger partial charge in [-0.05, 0) is 54.6 Å². The number of para-hydroxylation sites is 1. The highest BCUT2D eigenvalue weighted by molar-refractivity contribution is 6.39. The van der Waals surface area contributed by atoms with E-state index in [1.165, 1.54) is 18.2 Å². The first kappa shape index (κ1) is 22.3. The lowest BCUT2D eigenvalue weighted by atomic mass is 10.1. The second kappa shape index (κ2) is 9.03. The van der Waals surface area contributed by atoms with Gasteiger partial charge in [0.05, 0.1) is 34.5 Å². The summed E-state index contributed by atoms with van der Waals surface area (Å²) in [5, 5.41) is 4.15. The molecule has 0 saturated heterocycles. The lowest BCUT2D eigenvalue weighted by molar-refractivity contribution is 0.0429. The Bertz CT molecular complexity index is 1460. The Labute approximate surface area is 203 Å². The number of benzene rings is 3. The van der Waals surface area contributed by atoms with Gasteiger partial charge in [-0.3, -0.25) is 9.59 Å². The van der Waals surface area contributed by atoms with Gasteiger partial charge in [-0.15, -0.1) is 0 Å². The lowest BCUT2D eigenvalue weighted by Gasteiger charge is -2.15. The third-order valence-corrected chi connectivity index (χ3v) is 5.68. The molecule has 2 amide bonds. The van der Waals surface area contributed by atoms with Crippen LogP contribution in [0.3, 0.4) is 0 Å². The van der Waals surface area contributed by atoms with Gasteiger partial charge in [0, 0.05) is 5.56 Å². The molecular formula is C25H16ClN3O6. The zero-order valence-electron chi connectivity index (χ0n) is 18.2. The molecule has 174 valence electrons. The molecule has 10 heteroatoms. The third kappa shape index (κ3) is 4.13. The minimum Gasteiger partial charge on any atom is -0.497 e. The molecule has 0 aliphatic carbocycles. The minimum atomic E-state index is -0.714. The Kier molecular flexibility index (Phi) is 5.76. The molecule has 0 atom stereocenters. The van der Waals surface area contributed by atoms with E-state index in [1.54, 1.807) is 55.6 Å². The predicted molar refractivity (Wildman–Crippen MR) is 124 cm³/mol. The number of hydrogen-bond donors (Lipinski definition) is 0. The number of halogens is 1. The Balaban J connectivity index is 1.29. The number of fused-ring (bicyclic) bond motifs is 1. The number of amides is 2. The van der Waals surface area contributed by atoms with E-state index < -0.39 is 17.8 Å². The highest BCUT2D eigenvalue weighted by Gasteiger charge is 2.38. The van der Waals surface area contributed by atoms with E-state index in [0.717, 1.165) is 4.90 Å². The van der Waals surface area contributed by atoms with Gasteiger partial charge in [-0.25, -0.2) is 9.69 Å². The van der Waals surface area contributed by atoms with Crippen molar-refractivity contribution >= 4 is 35.1 Å². The van der Waals surface area contributed by atoms with Crippen LogP contribution in [0.1, 0.15) is 37.0 Å². The molecule has 0 spiro atoms. The fourth-order valence-corrected chi connectivity index (χ4v) is 3.82. The summed E-state index contributed by atoms with van der Waals surface area (Å²) in [5.41, 5.74) is 1.34. The highest BCUT2D eigenvalue weighted by Crippen LogP contribution is 2.33. The van der Waals surface area contributed by atoms with Gasteiger partial charge in [-0.2, -0.15) is 4.98 Å². The summed E-state index contributed by atoms with van der Waals surface area (Å²) >= 11 is 6.17. The van der Waals surface area contributed by atoms with Crippen molar-refractivity contribution in [3.63, 3.8) is 0 Å². The summed E-state index contributed by atoms with van der Waals surface area (Å²) in [6.07, 6.45) is 0. The number of imide groups is 1. The van der Waals surface area contributed by atoms with Gasteiger partial charge in [0.15, 0.2) is 6.61 Å². The summed E-state index contributed by atoms with van der Waals surface area (Å²) in [4.78, 5) is 43.6.